The first-order valence-electron chi connectivity index (χ1n) is 27.7. The summed E-state index contributed by atoms with van der Waals surface area (Å²) in [5.41, 5.74) is 9.27. The van der Waals surface area contributed by atoms with Gasteiger partial charge in [0.05, 0.1) is 0 Å². The first-order chi connectivity index (χ1) is 32.9. The molecule has 0 heterocycles. The highest BCUT2D eigenvalue weighted by atomic mass is 19.1. The lowest BCUT2D eigenvalue weighted by Crippen LogP contribution is -2.12. The van der Waals surface area contributed by atoms with E-state index >= 15 is 0 Å². The molecule has 0 unspecified atom stereocenters. The fraction of sp³-hybridized carbons (Fsp3) is 0.569. The monoisotopic (exact) mass is 907 g/mol. The quantitative estimate of drug-likeness (QED) is 0.0514. The van der Waals surface area contributed by atoms with E-state index in [1.165, 1.54) is 131 Å². The highest BCUT2D eigenvalue weighted by Crippen LogP contribution is 2.37. The van der Waals surface area contributed by atoms with Gasteiger partial charge in [-0.3, -0.25) is 0 Å². The van der Waals surface area contributed by atoms with Crippen LogP contribution in [0.1, 0.15) is 245 Å². The van der Waals surface area contributed by atoms with Gasteiger partial charge in [-0.2, -0.15) is 0 Å². The van der Waals surface area contributed by atoms with Crippen LogP contribution in [0.25, 0.3) is 0 Å². The van der Waals surface area contributed by atoms with Crippen LogP contribution in [0.3, 0.4) is 0 Å². The summed E-state index contributed by atoms with van der Waals surface area (Å²) in [4.78, 5) is 0. The van der Waals surface area contributed by atoms with E-state index < -0.39 is 0 Å². The van der Waals surface area contributed by atoms with Crippen LogP contribution < -0.4 is 0 Å². The lowest BCUT2D eigenvalue weighted by molar-refractivity contribution is 0.384. The van der Waals surface area contributed by atoms with Gasteiger partial charge in [0.2, 0.25) is 0 Å². The third kappa shape index (κ3) is 20.2. The van der Waals surface area contributed by atoms with Crippen LogP contribution in [0, 0.1) is 47.2 Å². The molecule has 0 nitrogen and oxygen atoms in total. The van der Waals surface area contributed by atoms with Gasteiger partial charge in [-0.05, 0) is 172 Å². The van der Waals surface area contributed by atoms with E-state index in [1.54, 1.807) is 12.1 Å². The van der Waals surface area contributed by atoms with E-state index in [-0.39, 0.29) is 11.6 Å². The third-order valence-electron chi connectivity index (χ3n) is 14.8. The number of benzene rings is 4. The fourth-order valence-electron chi connectivity index (χ4n) is 10.3. The summed E-state index contributed by atoms with van der Waals surface area (Å²) in [6, 6.07) is 30.0. The van der Waals surface area contributed by atoms with E-state index in [4.69, 9.17) is 0 Å². The molecule has 0 radical (unpaired) electrons. The molecule has 0 amide bonds. The second-order valence-corrected chi connectivity index (χ2v) is 20.3. The van der Waals surface area contributed by atoms with Crippen LogP contribution in [-0.2, 0) is 25.7 Å². The molecule has 0 aromatic heterocycles. The fourth-order valence-corrected chi connectivity index (χ4v) is 10.3. The molecule has 6 rings (SSSR count). The van der Waals surface area contributed by atoms with Crippen molar-refractivity contribution < 1.29 is 8.78 Å². The molecule has 4 aromatic carbocycles. The summed E-state index contributed by atoms with van der Waals surface area (Å²) in [5.74, 6) is 15.4. The molecule has 2 saturated carbocycles. The third-order valence-corrected chi connectivity index (χ3v) is 14.8. The highest BCUT2D eigenvalue weighted by molar-refractivity contribution is 5.39. The van der Waals surface area contributed by atoms with Crippen molar-refractivity contribution in [2.75, 3.05) is 0 Å². The van der Waals surface area contributed by atoms with E-state index in [2.05, 4.69) is 99.9 Å². The van der Waals surface area contributed by atoms with Crippen LogP contribution in [0.15, 0.2) is 84.9 Å². The van der Waals surface area contributed by atoms with Gasteiger partial charge in [-0.15, -0.1) is 0 Å². The molecule has 2 aliphatic carbocycles. The maximum atomic E-state index is 14.4. The minimum Gasteiger partial charge on any atom is -0.207 e. The Morgan fingerprint density at radius 3 is 1.06 bits per heavy atom. The van der Waals surface area contributed by atoms with E-state index in [1.807, 2.05) is 24.3 Å². The molecule has 0 saturated heterocycles. The summed E-state index contributed by atoms with van der Waals surface area (Å²) >= 11 is 0. The van der Waals surface area contributed by atoms with Crippen molar-refractivity contribution in [2.45, 2.75) is 226 Å². The molecule has 4 aromatic rings. The van der Waals surface area contributed by atoms with Crippen molar-refractivity contribution in [1.82, 2.24) is 0 Å². The largest absolute Gasteiger partial charge is 0.207 e. The Labute approximate surface area is 409 Å². The van der Waals surface area contributed by atoms with Crippen molar-refractivity contribution in [3.8, 4) is 23.7 Å². The first-order valence-corrected chi connectivity index (χ1v) is 27.7. The van der Waals surface area contributed by atoms with Crippen molar-refractivity contribution in [3.05, 3.63) is 141 Å². The molecule has 0 atom stereocenters. The molecule has 362 valence electrons. The summed E-state index contributed by atoms with van der Waals surface area (Å²) in [6.07, 6.45) is 35.2. The van der Waals surface area contributed by atoms with Gasteiger partial charge in [0.1, 0.15) is 11.6 Å². The minimum absolute atomic E-state index is 0.0912. The summed E-state index contributed by atoms with van der Waals surface area (Å²) < 4.78 is 28.7. The molecule has 0 bridgehead atoms. The van der Waals surface area contributed by atoms with Crippen LogP contribution in [0.5, 0.6) is 0 Å². The predicted molar refractivity (Wildman–Crippen MR) is 285 cm³/mol. The molecule has 67 heavy (non-hydrogen) atoms. The van der Waals surface area contributed by atoms with Gasteiger partial charge in [-0.1, -0.05) is 196 Å². The Balaban J connectivity index is 0.000000251. The Bertz CT molecular complexity index is 2070. The summed E-state index contributed by atoms with van der Waals surface area (Å²) in [6.45, 7) is 8.90. The Kier molecular flexibility index (Phi) is 25.6. The van der Waals surface area contributed by atoms with Gasteiger partial charge in [0.15, 0.2) is 0 Å². The Morgan fingerprint density at radius 1 is 0.373 bits per heavy atom. The zero-order valence-corrected chi connectivity index (χ0v) is 42.7. The van der Waals surface area contributed by atoms with E-state index in [0.717, 1.165) is 99.3 Å². The first kappa shape index (κ1) is 53.8. The topological polar surface area (TPSA) is 0 Å². The highest BCUT2D eigenvalue weighted by Gasteiger charge is 2.22. The molecule has 0 spiro atoms. The van der Waals surface area contributed by atoms with Crippen molar-refractivity contribution in [1.29, 1.82) is 0 Å². The maximum absolute atomic E-state index is 14.4. The van der Waals surface area contributed by atoms with Crippen LogP contribution >= 0.6 is 0 Å². The Morgan fingerprint density at radius 2 is 0.701 bits per heavy atom. The minimum atomic E-state index is -0.0917. The molecular weight excluding hydrogens is 819 g/mol. The number of hydrogen-bond acceptors (Lipinski definition) is 0. The average Bonchev–Trinajstić information content (AvgIpc) is 3.36. The average molecular weight is 907 g/mol. The number of unbranched alkanes of at least 4 members (excludes halogenated alkanes) is 13. The smallest absolute Gasteiger partial charge is 0.127 e. The van der Waals surface area contributed by atoms with Gasteiger partial charge in [-0.25, -0.2) is 8.78 Å². The van der Waals surface area contributed by atoms with Gasteiger partial charge < -0.3 is 0 Å². The zero-order valence-electron chi connectivity index (χ0n) is 42.7. The number of hydrogen-bond donors (Lipinski definition) is 0. The molecule has 2 fully saturated rings. The van der Waals surface area contributed by atoms with E-state index in [9.17, 15) is 8.78 Å². The number of rotatable bonds is 23. The van der Waals surface area contributed by atoms with Crippen molar-refractivity contribution in [2.24, 2.45) is 11.8 Å². The standard InChI is InChI=1S/C33H45F.C32H43F/c1-3-5-7-8-9-11-12-27-16-21-30(22-17-27)31-23-18-28(19-24-31)14-15-29-20-25-32(33(34)26-29)13-10-6-4-2;1-3-5-7-8-10-11-26-15-20-29(21-16-26)30-22-17-27(18-23-30)13-14-28-19-24-31(32(33)25-28)12-9-6-4-2/h16-17,20-22,25-26,28,31H,3-13,18-19,23-24H2,1-2H3;15-16,19-21,24-25,27,30H,3-12,17-18,22-23H2,1-2H3. The molecule has 2 aliphatic rings. The number of aryl methyl sites for hydroxylation is 4. The molecule has 0 N–H and O–H groups in total. The molecule has 2 heteroatoms. The van der Waals surface area contributed by atoms with Crippen molar-refractivity contribution in [3.63, 3.8) is 0 Å². The summed E-state index contributed by atoms with van der Waals surface area (Å²) in [5, 5.41) is 0. The van der Waals surface area contributed by atoms with E-state index in [0.29, 0.717) is 23.7 Å². The summed E-state index contributed by atoms with van der Waals surface area (Å²) in [7, 11) is 0. The van der Waals surface area contributed by atoms with Crippen LogP contribution in [0.4, 0.5) is 8.78 Å². The molecular formula is C65H88F2. The second-order valence-electron chi connectivity index (χ2n) is 20.3. The van der Waals surface area contributed by atoms with Gasteiger partial charge in [0, 0.05) is 23.0 Å². The lowest BCUT2D eigenvalue weighted by Gasteiger charge is -2.26. The van der Waals surface area contributed by atoms with Crippen LogP contribution in [0.2, 0.25) is 0 Å². The number of halogens is 2. The zero-order chi connectivity index (χ0) is 47.3. The predicted octanol–water partition coefficient (Wildman–Crippen LogP) is 19.2. The van der Waals surface area contributed by atoms with Crippen molar-refractivity contribution >= 4 is 0 Å². The Hall–Kier alpha value is -4.14. The SMILES string of the molecule is CCCCCCCCc1ccc(C2CCC(C#Cc3ccc(CCCCC)c(F)c3)CC2)cc1.CCCCCCCc1ccc(C2CCC(C#Cc3ccc(CCCCC)c(F)c3)CC2)cc1. The van der Waals surface area contributed by atoms with Gasteiger partial charge in [0.25, 0.3) is 0 Å². The normalized spacial score (nSPS) is 17.9. The van der Waals surface area contributed by atoms with Crippen LogP contribution in [-0.4, -0.2) is 0 Å². The second kappa shape index (κ2) is 31.8. The molecule has 0 aliphatic heterocycles. The van der Waals surface area contributed by atoms with Gasteiger partial charge >= 0.3 is 0 Å². The lowest BCUT2D eigenvalue weighted by atomic mass is 9.78. The maximum Gasteiger partial charge on any atom is 0.127 e.